The molecule has 0 saturated heterocycles. The molecule has 2 N–H and O–H groups in total. The second kappa shape index (κ2) is 7.59. The number of hydrogen-bond acceptors (Lipinski definition) is 6. The topological polar surface area (TPSA) is 97.0 Å². The van der Waals surface area contributed by atoms with Crippen LogP contribution in [0.4, 0.5) is 11.4 Å². The number of phenolic OH excluding ortho intramolecular Hbond substituents is 1. The third-order valence-electron chi connectivity index (χ3n) is 2.84. The first kappa shape index (κ1) is 16.8. The number of halogens is 1. The molecule has 0 aliphatic carbocycles. The van der Waals surface area contributed by atoms with Crippen molar-refractivity contribution in [1.29, 1.82) is 0 Å². The van der Waals surface area contributed by atoms with Crippen molar-refractivity contribution in [1.82, 2.24) is 0 Å². The van der Waals surface area contributed by atoms with Gasteiger partial charge in [-0.15, -0.1) is 0 Å². The van der Waals surface area contributed by atoms with E-state index in [1.165, 1.54) is 18.3 Å². The molecular formula is C15H14BrN3O4. The lowest BCUT2D eigenvalue weighted by molar-refractivity contribution is -0.386. The lowest BCUT2D eigenvalue weighted by atomic mass is 10.1. The minimum atomic E-state index is -0.606. The van der Waals surface area contributed by atoms with Gasteiger partial charge in [-0.1, -0.05) is 22.0 Å². The van der Waals surface area contributed by atoms with Crippen LogP contribution in [0.15, 0.2) is 46.0 Å². The molecule has 0 atom stereocenters. The van der Waals surface area contributed by atoms with Crippen molar-refractivity contribution in [2.45, 2.75) is 6.92 Å². The zero-order chi connectivity index (χ0) is 16.8. The van der Waals surface area contributed by atoms with E-state index in [0.29, 0.717) is 0 Å². The Bertz CT molecular complexity index is 749. The van der Waals surface area contributed by atoms with E-state index in [4.69, 9.17) is 4.74 Å². The minimum Gasteiger partial charge on any atom is -0.504 e. The predicted octanol–water partition coefficient (Wildman–Crippen LogP) is 3.91. The number of hydrazone groups is 1. The summed E-state index contributed by atoms with van der Waals surface area (Å²) < 4.78 is 6.05. The van der Waals surface area contributed by atoms with E-state index < -0.39 is 4.92 Å². The summed E-state index contributed by atoms with van der Waals surface area (Å²) in [4.78, 5) is 10.7. The molecule has 23 heavy (non-hydrogen) atoms. The van der Waals surface area contributed by atoms with Gasteiger partial charge in [0.2, 0.25) is 5.75 Å². The summed E-state index contributed by atoms with van der Waals surface area (Å²) in [6.45, 7) is 1.88. The number of nitro groups is 1. The highest BCUT2D eigenvalue weighted by Gasteiger charge is 2.23. The van der Waals surface area contributed by atoms with Gasteiger partial charge in [-0.2, -0.15) is 5.10 Å². The third kappa shape index (κ3) is 4.19. The third-order valence-corrected chi connectivity index (χ3v) is 3.33. The van der Waals surface area contributed by atoms with Gasteiger partial charge in [-0.05, 0) is 37.3 Å². The molecule has 0 unspecified atom stereocenters. The zero-order valence-electron chi connectivity index (χ0n) is 12.2. The van der Waals surface area contributed by atoms with Crippen molar-refractivity contribution < 1.29 is 14.8 Å². The first-order chi connectivity index (χ1) is 11.0. The van der Waals surface area contributed by atoms with Crippen LogP contribution in [0.25, 0.3) is 0 Å². The summed E-state index contributed by atoms with van der Waals surface area (Å²) in [5, 5.41) is 25.0. The predicted molar refractivity (Wildman–Crippen MR) is 91.3 cm³/mol. The van der Waals surface area contributed by atoms with Crippen molar-refractivity contribution in [3.8, 4) is 11.5 Å². The standard InChI is InChI=1S/C15H14BrN3O4/c1-2-23-15-13(20)7-6-10(14(15)19(21)22)9-17-18-12-5-3-4-11(16)8-12/h3-9,18,20H,2H2,1H3/b17-9-. The Balaban J connectivity index is 2.30. The van der Waals surface area contributed by atoms with E-state index in [2.05, 4.69) is 26.5 Å². The molecule has 0 saturated carbocycles. The van der Waals surface area contributed by atoms with E-state index in [-0.39, 0.29) is 29.4 Å². The lowest BCUT2D eigenvalue weighted by Crippen LogP contribution is -2.02. The van der Waals surface area contributed by atoms with Crippen LogP contribution in [0, 0.1) is 10.1 Å². The van der Waals surface area contributed by atoms with Gasteiger partial charge in [0.25, 0.3) is 0 Å². The average molecular weight is 380 g/mol. The molecule has 0 aliphatic rings. The van der Waals surface area contributed by atoms with Gasteiger partial charge in [-0.25, -0.2) is 0 Å². The van der Waals surface area contributed by atoms with Crippen molar-refractivity contribution in [2.24, 2.45) is 5.10 Å². The van der Waals surface area contributed by atoms with Crippen LogP contribution in [-0.4, -0.2) is 22.9 Å². The first-order valence-electron chi connectivity index (χ1n) is 6.70. The molecule has 0 radical (unpaired) electrons. The smallest absolute Gasteiger partial charge is 0.323 e. The average Bonchev–Trinajstić information content (AvgIpc) is 2.50. The zero-order valence-corrected chi connectivity index (χ0v) is 13.8. The monoisotopic (exact) mass is 379 g/mol. The molecule has 0 bridgehead atoms. The Kier molecular flexibility index (Phi) is 5.53. The number of anilines is 1. The van der Waals surface area contributed by atoms with Crippen LogP contribution in [0.5, 0.6) is 11.5 Å². The summed E-state index contributed by atoms with van der Waals surface area (Å²) in [6.07, 6.45) is 1.31. The number of nitro benzene ring substituents is 1. The van der Waals surface area contributed by atoms with Crippen LogP contribution in [0.1, 0.15) is 12.5 Å². The maximum atomic E-state index is 11.3. The molecule has 2 aromatic rings. The summed E-state index contributed by atoms with van der Waals surface area (Å²) >= 11 is 3.34. The molecule has 120 valence electrons. The Labute approximate surface area is 140 Å². The van der Waals surface area contributed by atoms with Crippen LogP contribution < -0.4 is 10.2 Å². The number of hydrogen-bond donors (Lipinski definition) is 2. The van der Waals surface area contributed by atoms with Gasteiger partial charge in [0, 0.05) is 4.47 Å². The quantitative estimate of drug-likeness (QED) is 0.450. The molecule has 0 fully saturated rings. The normalized spacial score (nSPS) is 10.7. The van der Waals surface area contributed by atoms with Crippen LogP contribution >= 0.6 is 15.9 Å². The summed E-state index contributed by atoms with van der Waals surface area (Å²) in [5.74, 6) is -0.445. The molecule has 0 aromatic heterocycles. The molecule has 0 spiro atoms. The van der Waals surface area contributed by atoms with Crippen molar-refractivity contribution in [2.75, 3.05) is 12.0 Å². The molecule has 8 heteroatoms. The molecule has 7 nitrogen and oxygen atoms in total. The SMILES string of the molecule is CCOc1c(O)ccc(/C=N\Nc2cccc(Br)c2)c1[N+](=O)[O-]. The highest BCUT2D eigenvalue weighted by Crippen LogP contribution is 2.38. The van der Waals surface area contributed by atoms with Crippen molar-refractivity contribution in [3.05, 3.63) is 56.5 Å². The van der Waals surface area contributed by atoms with E-state index in [0.717, 1.165) is 10.2 Å². The Hall–Kier alpha value is -2.61. The Morgan fingerprint density at radius 2 is 2.22 bits per heavy atom. The Morgan fingerprint density at radius 3 is 2.87 bits per heavy atom. The molecule has 0 heterocycles. The van der Waals surface area contributed by atoms with Gasteiger partial charge in [0.15, 0.2) is 5.75 Å². The fourth-order valence-electron chi connectivity index (χ4n) is 1.89. The largest absolute Gasteiger partial charge is 0.504 e. The molecule has 2 aromatic carbocycles. The Morgan fingerprint density at radius 1 is 1.43 bits per heavy atom. The van der Waals surface area contributed by atoms with Gasteiger partial charge < -0.3 is 9.84 Å². The fraction of sp³-hybridized carbons (Fsp3) is 0.133. The van der Waals surface area contributed by atoms with Crippen molar-refractivity contribution >= 4 is 33.5 Å². The number of rotatable bonds is 6. The number of aromatic hydroxyl groups is 1. The second-order valence-corrected chi connectivity index (χ2v) is 5.34. The van der Waals surface area contributed by atoms with E-state index >= 15 is 0 Å². The van der Waals surface area contributed by atoms with Crippen molar-refractivity contribution in [3.63, 3.8) is 0 Å². The highest BCUT2D eigenvalue weighted by molar-refractivity contribution is 9.10. The van der Waals surface area contributed by atoms with Gasteiger partial charge in [-0.3, -0.25) is 15.5 Å². The van der Waals surface area contributed by atoms with E-state index in [9.17, 15) is 15.2 Å². The maximum Gasteiger partial charge on any atom is 0.323 e. The van der Waals surface area contributed by atoms with Crippen LogP contribution in [0.2, 0.25) is 0 Å². The van der Waals surface area contributed by atoms with Crippen LogP contribution in [0.3, 0.4) is 0 Å². The first-order valence-corrected chi connectivity index (χ1v) is 7.50. The van der Waals surface area contributed by atoms with E-state index in [1.54, 1.807) is 13.0 Å². The second-order valence-electron chi connectivity index (χ2n) is 4.42. The number of ether oxygens (including phenoxy) is 1. The van der Waals surface area contributed by atoms with Gasteiger partial charge >= 0.3 is 5.69 Å². The summed E-state index contributed by atoms with van der Waals surface area (Å²) in [5.41, 5.74) is 3.40. The number of nitrogens with one attached hydrogen (secondary N) is 1. The maximum absolute atomic E-state index is 11.3. The number of phenols is 1. The number of nitrogens with zero attached hydrogens (tertiary/aromatic N) is 2. The molecule has 0 aliphatic heterocycles. The highest BCUT2D eigenvalue weighted by atomic mass is 79.9. The minimum absolute atomic E-state index is 0.163. The summed E-state index contributed by atoms with van der Waals surface area (Å²) in [7, 11) is 0. The molecule has 0 amide bonds. The number of benzene rings is 2. The fourth-order valence-corrected chi connectivity index (χ4v) is 2.29. The lowest BCUT2D eigenvalue weighted by Gasteiger charge is -2.08. The molecular weight excluding hydrogens is 366 g/mol. The van der Waals surface area contributed by atoms with Gasteiger partial charge in [0.1, 0.15) is 0 Å². The van der Waals surface area contributed by atoms with Gasteiger partial charge in [0.05, 0.1) is 29.0 Å². The molecule has 2 rings (SSSR count). The summed E-state index contributed by atoms with van der Waals surface area (Å²) in [6, 6.07) is 10.1. The van der Waals surface area contributed by atoms with E-state index in [1.807, 2.05) is 18.2 Å². The van der Waals surface area contributed by atoms with Crippen LogP contribution in [-0.2, 0) is 0 Å².